The molecule has 1 saturated heterocycles. The first-order valence-electron chi connectivity index (χ1n) is 8.71. The zero-order valence-electron chi connectivity index (χ0n) is 13.6. The highest BCUT2D eigenvalue weighted by atomic mass is 16.5. The summed E-state index contributed by atoms with van der Waals surface area (Å²) in [6.07, 6.45) is 9.41. The lowest BCUT2D eigenvalue weighted by Crippen LogP contribution is -2.32. The zero-order chi connectivity index (χ0) is 15.4. The molecular formula is C19H27NO2. The lowest BCUT2D eigenvalue weighted by molar-refractivity contribution is -0.133. The number of carbonyl (C=O) groups excluding carboxylic acids is 1. The van der Waals surface area contributed by atoms with Gasteiger partial charge in [-0.25, -0.2) is 0 Å². The summed E-state index contributed by atoms with van der Waals surface area (Å²) >= 11 is 0. The Balaban J connectivity index is 1.64. The van der Waals surface area contributed by atoms with Gasteiger partial charge in [0.2, 0.25) is 5.91 Å². The van der Waals surface area contributed by atoms with Crippen LogP contribution in [0.1, 0.15) is 63.0 Å². The van der Waals surface area contributed by atoms with E-state index in [4.69, 9.17) is 4.74 Å². The Morgan fingerprint density at radius 2 is 1.82 bits per heavy atom. The predicted octanol–water partition coefficient (Wildman–Crippen LogP) is 4.33. The molecule has 1 aromatic carbocycles. The number of ether oxygens (including phenoxy) is 1. The predicted molar refractivity (Wildman–Crippen MR) is 87.9 cm³/mol. The third-order valence-electron chi connectivity index (χ3n) is 5.26. The normalized spacial score (nSPS) is 22.8. The van der Waals surface area contributed by atoms with Crippen molar-refractivity contribution in [2.45, 2.75) is 57.4 Å². The Morgan fingerprint density at radius 3 is 2.50 bits per heavy atom. The van der Waals surface area contributed by atoms with Crippen LogP contribution in [0.25, 0.3) is 0 Å². The molecule has 1 aliphatic heterocycles. The van der Waals surface area contributed by atoms with Gasteiger partial charge in [0.1, 0.15) is 5.75 Å². The second-order valence-electron chi connectivity index (χ2n) is 6.73. The van der Waals surface area contributed by atoms with Crippen LogP contribution >= 0.6 is 0 Å². The molecule has 0 bridgehead atoms. The minimum absolute atomic E-state index is 0.266. The van der Waals surface area contributed by atoms with E-state index in [1.807, 2.05) is 12.1 Å². The van der Waals surface area contributed by atoms with Crippen molar-refractivity contribution in [3.8, 4) is 5.75 Å². The van der Waals surface area contributed by atoms with Crippen LogP contribution in [0, 0.1) is 5.92 Å². The molecule has 22 heavy (non-hydrogen) atoms. The molecule has 1 aliphatic carbocycles. The van der Waals surface area contributed by atoms with Crippen molar-refractivity contribution < 1.29 is 9.53 Å². The average Bonchev–Trinajstić information content (AvgIpc) is 3.05. The Morgan fingerprint density at radius 1 is 1.09 bits per heavy atom. The summed E-state index contributed by atoms with van der Waals surface area (Å²) in [5, 5.41) is 0. The van der Waals surface area contributed by atoms with Crippen molar-refractivity contribution >= 4 is 5.91 Å². The molecule has 0 radical (unpaired) electrons. The largest absolute Gasteiger partial charge is 0.497 e. The highest BCUT2D eigenvalue weighted by molar-refractivity contribution is 5.77. The quantitative estimate of drug-likeness (QED) is 0.828. The Kier molecular flexibility index (Phi) is 5.01. The minimum Gasteiger partial charge on any atom is -0.497 e. The molecule has 1 aromatic rings. The fourth-order valence-electron chi connectivity index (χ4n) is 3.99. The molecule has 0 N–H and O–H groups in total. The van der Waals surface area contributed by atoms with Crippen molar-refractivity contribution in [1.82, 2.24) is 4.90 Å². The van der Waals surface area contributed by atoms with Crippen molar-refractivity contribution in [3.05, 3.63) is 29.8 Å². The molecule has 0 spiro atoms. The molecule has 1 amide bonds. The number of methoxy groups -OCH3 is 1. The zero-order valence-corrected chi connectivity index (χ0v) is 13.6. The number of hydrogen-bond acceptors (Lipinski definition) is 2. The van der Waals surface area contributed by atoms with Crippen LogP contribution < -0.4 is 4.74 Å². The van der Waals surface area contributed by atoms with E-state index < -0.39 is 0 Å². The fourth-order valence-corrected chi connectivity index (χ4v) is 3.99. The van der Waals surface area contributed by atoms with Gasteiger partial charge < -0.3 is 9.64 Å². The highest BCUT2D eigenvalue weighted by Crippen LogP contribution is 2.35. The first-order valence-corrected chi connectivity index (χ1v) is 8.71. The number of benzene rings is 1. The Labute approximate surface area is 133 Å². The van der Waals surface area contributed by atoms with Crippen LogP contribution in [0.15, 0.2) is 24.3 Å². The number of carbonyl (C=O) groups is 1. The van der Waals surface area contributed by atoms with Gasteiger partial charge in [-0.3, -0.25) is 4.79 Å². The summed E-state index contributed by atoms with van der Waals surface area (Å²) in [6, 6.07) is 8.47. The van der Waals surface area contributed by atoms with Gasteiger partial charge in [0.05, 0.1) is 13.2 Å². The molecule has 1 atom stereocenters. The monoisotopic (exact) mass is 301 g/mol. The third-order valence-corrected chi connectivity index (χ3v) is 5.26. The first kappa shape index (κ1) is 15.4. The van der Waals surface area contributed by atoms with Crippen LogP contribution in [0.4, 0.5) is 0 Å². The Bertz CT molecular complexity index is 491. The molecule has 3 heteroatoms. The fraction of sp³-hybridized carbons (Fsp3) is 0.632. The van der Waals surface area contributed by atoms with Crippen LogP contribution in [0.3, 0.4) is 0 Å². The SMILES string of the molecule is COc1ccc(C2CCCN2C(=O)CC2CCCCC2)cc1. The number of rotatable bonds is 4. The van der Waals surface area contributed by atoms with E-state index in [-0.39, 0.29) is 6.04 Å². The van der Waals surface area contributed by atoms with E-state index in [1.165, 1.54) is 37.7 Å². The van der Waals surface area contributed by atoms with E-state index in [9.17, 15) is 4.79 Å². The lowest BCUT2D eigenvalue weighted by Gasteiger charge is -2.28. The number of likely N-dealkylation sites (tertiary alicyclic amines) is 1. The van der Waals surface area contributed by atoms with Gasteiger partial charge in [0.15, 0.2) is 0 Å². The summed E-state index contributed by atoms with van der Waals surface area (Å²) in [5.41, 5.74) is 1.25. The van der Waals surface area contributed by atoms with Crippen LogP contribution in [-0.4, -0.2) is 24.5 Å². The average molecular weight is 301 g/mol. The van der Waals surface area contributed by atoms with E-state index >= 15 is 0 Å². The highest BCUT2D eigenvalue weighted by Gasteiger charge is 2.31. The van der Waals surface area contributed by atoms with Gasteiger partial charge in [0.25, 0.3) is 0 Å². The van der Waals surface area contributed by atoms with E-state index in [0.29, 0.717) is 11.8 Å². The molecule has 3 nitrogen and oxygen atoms in total. The van der Waals surface area contributed by atoms with Gasteiger partial charge in [-0.15, -0.1) is 0 Å². The molecule has 1 heterocycles. The van der Waals surface area contributed by atoms with E-state index in [2.05, 4.69) is 17.0 Å². The van der Waals surface area contributed by atoms with Crippen molar-refractivity contribution in [1.29, 1.82) is 0 Å². The molecule has 2 aliphatic rings. The van der Waals surface area contributed by atoms with Gasteiger partial charge in [0, 0.05) is 13.0 Å². The van der Waals surface area contributed by atoms with Crippen molar-refractivity contribution in [2.75, 3.05) is 13.7 Å². The number of amides is 1. The minimum atomic E-state index is 0.266. The Hall–Kier alpha value is -1.51. The summed E-state index contributed by atoms with van der Waals surface area (Å²) in [6.45, 7) is 0.919. The van der Waals surface area contributed by atoms with Crippen molar-refractivity contribution in [2.24, 2.45) is 5.92 Å². The first-order chi connectivity index (χ1) is 10.8. The van der Waals surface area contributed by atoms with E-state index in [0.717, 1.165) is 31.6 Å². The van der Waals surface area contributed by atoms with Crippen LogP contribution in [0.5, 0.6) is 5.75 Å². The second kappa shape index (κ2) is 7.17. The number of nitrogens with zero attached hydrogens (tertiary/aromatic N) is 1. The van der Waals surface area contributed by atoms with Crippen LogP contribution in [-0.2, 0) is 4.79 Å². The molecule has 1 saturated carbocycles. The van der Waals surface area contributed by atoms with Crippen molar-refractivity contribution in [3.63, 3.8) is 0 Å². The number of hydrogen-bond donors (Lipinski definition) is 0. The molecule has 120 valence electrons. The topological polar surface area (TPSA) is 29.5 Å². The summed E-state index contributed by atoms with van der Waals surface area (Å²) in [5.74, 6) is 1.87. The maximum absolute atomic E-state index is 12.7. The smallest absolute Gasteiger partial charge is 0.223 e. The van der Waals surface area contributed by atoms with Gasteiger partial charge in [-0.05, 0) is 49.3 Å². The van der Waals surface area contributed by atoms with Crippen LogP contribution in [0.2, 0.25) is 0 Å². The van der Waals surface area contributed by atoms with Gasteiger partial charge >= 0.3 is 0 Å². The molecule has 0 aromatic heterocycles. The molecule has 1 unspecified atom stereocenters. The third kappa shape index (κ3) is 3.45. The maximum atomic E-state index is 12.7. The molecular weight excluding hydrogens is 274 g/mol. The molecule has 3 rings (SSSR count). The standard InChI is InChI=1S/C19H27NO2/c1-22-17-11-9-16(10-12-17)18-8-5-13-20(18)19(21)14-15-6-3-2-4-7-15/h9-12,15,18H,2-8,13-14H2,1H3. The maximum Gasteiger partial charge on any atom is 0.223 e. The van der Waals surface area contributed by atoms with E-state index in [1.54, 1.807) is 7.11 Å². The lowest BCUT2D eigenvalue weighted by atomic mass is 9.86. The van der Waals surface area contributed by atoms with Gasteiger partial charge in [-0.2, -0.15) is 0 Å². The molecule has 2 fully saturated rings. The summed E-state index contributed by atoms with van der Waals surface area (Å²) < 4.78 is 5.23. The summed E-state index contributed by atoms with van der Waals surface area (Å²) in [4.78, 5) is 14.8. The second-order valence-corrected chi connectivity index (χ2v) is 6.73. The summed E-state index contributed by atoms with van der Waals surface area (Å²) in [7, 11) is 1.69. The van der Waals surface area contributed by atoms with Gasteiger partial charge in [-0.1, -0.05) is 31.4 Å².